The largest absolute Gasteiger partial charge is 0.445 e. The number of benzene rings is 1. The molecule has 2 aliphatic rings. The fourth-order valence-corrected chi connectivity index (χ4v) is 4.40. The van der Waals surface area contributed by atoms with Crippen molar-refractivity contribution in [1.29, 1.82) is 0 Å². The Morgan fingerprint density at radius 1 is 1.15 bits per heavy atom. The number of halogens is 1. The number of anilines is 1. The van der Waals surface area contributed by atoms with Gasteiger partial charge in [-0.15, -0.1) is 0 Å². The SMILES string of the molecule is O=C(OCc1ccccc1)N1[C@@H]2CC[C@H]1CC(CNc1nccnc1Cl)C2. The summed E-state index contributed by atoms with van der Waals surface area (Å²) in [5, 5.41) is 3.69. The van der Waals surface area contributed by atoms with E-state index in [1.54, 1.807) is 12.4 Å². The Labute approximate surface area is 163 Å². The van der Waals surface area contributed by atoms with Gasteiger partial charge in [0, 0.05) is 31.0 Å². The Morgan fingerprint density at radius 2 is 1.85 bits per heavy atom. The van der Waals surface area contributed by atoms with E-state index in [2.05, 4.69) is 15.3 Å². The summed E-state index contributed by atoms with van der Waals surface area (Å²) in [6, 6.07) is 10.3. The summed E-state index contributed by atoms with van der Waals surface area (Å²) in [6.07, 6.45) is 7.07. The van der Waals surface area contributed by atoms with Crippen molar-refractivity contribution in [2.75, 3.05) is 11.9 Å². The van der Waals surface area contributed by atoms with Crippen LogP contribution in [0.3, 0.4) is 0 Å². The number of carbonyl (C=O) groups excluding carboxylic acids is 1. The number of fused-ring (bicyclic) bond motifs is 2. The lowest BCUT2D eigenvalue weighted by molar-refractivity contribution is 0.0546. The molecule has 27 heavy (non-hydrogen) atoms. The van der Waals surface area contributed by atoms with Crippen LogP contribution in [0, 0.1) is 5.92 Å². The molecule has 1 amide bonds. The first-order chi connectivity index (χ1) is 13.2. The fourth-order valence-electron chi connectivity index (χ4n) is 4.23. The van der Waals surface area contributed by atoms with Gasteiger partial charge in [-0.1, -0.05) is 41.9 Å². The molecule has 0 aliphatic carbocycles. The van der Waals surface area contributed by atoms with Crippen LogP contribution >= 0.6 is 11.6 Å². The van der Waals surface area contributed by atoms with Gasteiger partial charge in [0.15, 0.2) is 11.0 Å². The lowest BCUT2D eigenvalue weighted by Crippen LogP contribution is -2.47. The van der Waals surface area contributed by atoms with Crippen LogP contribution in [0.4, 0.5) is 10.6 Å². The highest BCUT2D eigenvalue weighted by Crippen LogP contribution is 2.39. The van der Waals surface area contributed by atoms with Gasteiger partial charge in [0.2, 0.25) is 0 Å². The van der Waals surface area contributed by atoms with Gasteiger partial charge >= 0.3 is 6.09 Å². The summed E-state index contributed by atoms with van der Waals surface area (Å²) in [5.41, 5.74) is 1.01. The van der Waals surface area contributed by atoms with E-state index in [1.807, 2.05) is 35.2 Å². The minimum atomic E-state index is -0.185. The third kappa shape index (κ3) is 4.16. The molecule has 1 unspecified atom stereocenters. The smallest absolute Gasteiger partial charge is 0.410 e. The van der Waals surface area contributed by atoms with E-state index in [1.165, 1.54) is 0 Å². The highest BCUT2D eigenvalue weighted by atomic mass is 35.5. The van der Waals surface area contributed by atoms with Crippen molar-refractivity contribution in [2.45, 2.75) is 44.4 Å². The maximum Gasteiger partial charge on any atom is 0.410 e. The summed E-state index contributed by atoms with van der Waals surface area (Å²) in [4.78, 5) is 22.8. The van der Waals surface area contributed by atoms with E-state index in [0.717, 1.165) is 37.8 Å². The van der Waals surface area contributed by atoms with Crippen LogP contribution < -0.4 is 5.32 Å². The summed E-state index contributed by atoms with van der Waals surface area (Å²) < 4.78 is 5.56. The highest BCUT2D eigenvalue weighted by Gasteiger charge is 2.43. The standard InChI is InChI=1S/C20H23ClN4O2/c21-18-19(23-9-8-22-18)24-12-15-10-16-6-7-17(11-15)25(16)20(26)27-13-14-4-2-1-3-5-14/h1-5,8-9,15-17H,6-7,10-13H2,(H,23,24)/t15?,16-,17+. The number of piperidine rings is 1. The molecule has 1 aromatic heterocycles. The third-order valence-corrected chi connectivity index (χ3v) is 5.74. The van der Waals surface area contributed by atoms with Crippen LogP contribution in [-0.4, -0.2) is 39.6 Å². The Kier molecular flexibility index (Phi) is 5.43. The quantitative estimate of drug-likeness (QED) is 0.837. The van der Waals surface area contributed by atoms with Crippen LogP contribution in [-0.2, 0) is 11.3 Å². The normalized spacial score (nSPS) is 23.9. The van der Waals surface area contributed by atoms with Crippen LogP contribution in [0.25, 0.3) is 0 Å². The van der Waals surface area contributed by atoms with E-state index in [9.17, 15) is 4.79 Å². The molecule has 4 rings (SSSR count). The maximum atomic E-state index is 12.6. The molecule has 6 nitrogen and oxygen atoms in total. The second kappa shape index (κ2) is 8.13. The molecule has 2 saturated heterocycles. The molecule has 2 aliphatic heterocycles. The lowest BCUT2D eigenvalue weighted by atomic mass is 9.91. The van der Waals surface area contributed by atoms with Crippen molar-refractivity contribution in [3.63, 3.8) is 0 Å². The van der Waals surface area contributed by atoms with Crippen molar-refractivity contribution in [3.05, 3.63) is 53.4 Å². The van der Waals surface area contributed by atoms with Gasteiger partial charge in [0.05, 0.1) is 0 Å². The highest BCUT2D eigenvalue weighted by molar-refractivity contribution is 6.31. The molecule has 3 heterocycles. The predicted octanol–water partition coefficient (Wildman–Crippen LogP) is 4.12. The molecule has 2 fully saturated rings. The number of ether oxygens (including phenoxy) is 1. The van der Waals surface area contributed by atoms with Crippen molar-refractivity contribution in [3.8, 4) is 0 Å². The molecule has 1 N–H and O–H groups in total. The Balaban J connectivity index is 1.30. The molecule has 7 heteroatoms. The zero-order valence-electron chi connectivity index (χ0n) is 15.1. The number of hydrogen-bond donors (Lipinski definition) is 1. The molecule has 0 saturated carbocycles. The Hall–Kier alpha value is -2.34. The number of carbonyl (C=O) groups is 1. The molecular weight excluding hydrogens is 364 g/mol. The topological polar surface area (TPSA) is 67.3 Å². The van der Waals surface area contributed by atoms with E-state index in [4.69, 9.17) is 16.3 Å². The summed E-state index contributed by atoms with van der Waals surface area (Å²) >= 11 is 6.06. The van der Waals surface area contributed by atoms with Gasteiger partial charge < -0.3 is 15.0 Å². The number of amides is 1. The molecule has 1 aromatic carbocycles. The van der Waals surface area contributed by atoms with Crippen molar-refractivity contribution < 1.29 is 9.53 Å². The zero-order valence-corrected chi connectivity index (χ0v) is 15.8. The van der Waals surface area contributed by atoms with Gasteiger partial charge in [0.1, 0.15) is 6.61 Å². The zero-order chi connectivity index (χ0) is 18.6. The Morgan fingerprint density at radius 3 is 2.56 bits per heavy atom. The van der Waals surface area contributed by atoms with Gasteiger partial charge in [-0.05, 0) is 37.2 Å². The van der Waals surface area contributed by atoms with Gasteiger partial charge in [-0.3, -0.25) is 0 Å². The minimum Gasteiger partial charge on any atom is -0.445 e. The second-order valence-electron chi connectivity index (χ2n) is 7.25. The number of nitrogens with one attached hydrogen (secondary N) is 1. The van der Waals surface area contributed by atoms with Crippen LogP contribution in [0.5, 0.6) is 0 Å². The summed E-state index contributed by atoms with van der Waals surface area (Å²) in [5.74, 6) is 1.11. The number of hydrogen-bond acceptors (Lipinski definition) is 5. The molecular formula is C20H23ClN4O2. The molecule has 0 spiro atoms. The van der Waals surface area contributed by atoms with Gasteiger partial charge in [-0.25, -0.2) is 14.8 Å². The average Bonchev–Trinajstić information content (AvgIpc) is 2.96. The first-order valence-electron chi connectivity index (χ1n) is 9.40. The molecule has 0 radical (unpaired) electrons. The molecule has 2 bridgehead atoms. The van der Waals surface area contributed by atoms with E-state index >= 15 is 0 Å². The lowest BCUT2D eigenvalue weighted by Gasteiger charge is -2.38. The summed E-state index contributed by atoms with van der Waals surface area (Å²) in [6.45, 7) is 1.12. The maximum absolute atomic E-state index is 12.6. The van der Waals surface area contributed by atoms with Gasteiger partial charge in [0.25, 0.3) is 0 Å². The van der Waals surface area contributed by atoms with Crippen LogP contribution in [0.15, 0.2) is 42.7 Å². The van der Waals surface area contributed by atoms with E-state index in [-0.39, 0.29) is 18.2 Å². The first kappa shape index (κ1) is 18.0. The minimum absolute atomic E-state index is 0.185. The van der Waals surface area contributed by atoms with Crippen LogP contribution in [0.1, 0.15) is 31.2 Å². The number of nitrogens with zero attached hydrogens (tertiary/aromatic N) is 3. The van der Waals surface area contributed by atoms with Crippen molar-refractivity contribution in [2.24, 2.45) is 5.92 Å². The number of rotatable bonds is 5. The van der Waals surface area contributed by atoms with Gasteiger partial charge in [-0.2, -0.15) is 0 Å². The summed E-state index contributed by atoms with van der Waals surface area (Å²) in [7, 11) is 0. The van der Waals surface area contributed by atoms with Crippen LogP contribution in [0.2, 0.25) is 5.15 Å². The van der Waals surface area contributed by atoms with Crippen molar-refractivity contribution in [1.82, 2.24) is 14.9 Å². The second-order valence-corrected chi connectivity index (χ2v) is 7.60. The Bertz CT molecular complexity index is 775. The molecule has 2 aromatic rings. The predicted molar refractivity (Wildman–Crippen MR) is 104 cm³/mol. The van der Waals surface area contributed by atoms with E-state index < -0.39 is 0 Å². The molecule has 3 atom stereocenters. The third-order valence-electron chi connectivity index (χ3n) is 5.46. The van der Waals surface area contributed by atoms with E-state index in [0.29, 0.717) is 23.5 Å². The average molecular weight is 387 g/mol. The first-order valence-corrected chi connectivity index (χ1v) is 9.78. The monoisotopic (exact) mass is 386 g/mol. The van der Waals surface area contributed by atoms with Crippen molar-refractivity contribution >= 4 is 23.5 Å². The molecule has 142 valence electrons. The number of aromatic nitrogens is 2. The fraction of sp³-hybridized carbons (Fsp3) is 0.450.